The Labute approximate surface area is 170 Å². The minimum absolute atomic E-state index is 0.164. The van der Waals surface area contributed by atoms with E-state index in [1.807, 2.05) is 19.1 Å². The first-order chi connectivity index (χ1) is 13.9. The third-order valence-electron chi connectivity index (χ3n) is 5.26. The quantitative estimate of drug-likeness (QED) is 0.424. The number of carbonyl (C=O) groups excluding carboxylic acids is 2. The Kier molecular flexibility index (Phi) is 5.24. The second-order valence-electron chi connectivity index (χ2n) is 7.80. The van der Waals surface area contributed by atoms with E-state index in [1.54, 1.807) is 18.2 Å². The van der Waals surface area contributed by atoms with Gasteiger partial charge in [0.05, 0.1) is 5.56 Å². The van der Waals surface area contributed by atoms with Crippen molar-refractivity contribution in [3.8, 4) is 11.5 Å². The number of hydrogen-bond donors (Lipinski definition) is 0. The lowest BCUT2D eigenvalue weighted by Crippen LogP contribution is -2.24. The second kappa shape index (κ2) is 7.84. The van der Waals surface area contributed by atoms with Crippen LogP contribution in [0.5, 0.6) is 11.5 Å². The lowest BCUT2D eigenvalue weighted by molar-refractivity contribution is -0.144. The standard InChI is InChI=1S/C24H24O5/c1-14(2)17-8-6-16(7-9-17)12-21-23(25)22-15(3)11-18(13-20(22)29-21)28-24(26)19-5-4-10-27-19/h6-9,11-14,19H,4-5,10H2,1-3H3/b21-12-. The molecule has 1 saturated heterocycles. The molecular weight excluding hydrogens is 368 g/mol. The zero-order valence-electron chi connectivity index (χ0n) is 16.9. The summed E-state index contributed by atoms with van der Waals surface area (Å²) in [5.41, 5.74) is 3.35. The maximum Gasteiger partial charge on any atom is 0.340 e. The van der Waals surface area contributed by atoms with Crippen LogP contribution in [0.15, 0.2) is 42.2 Å². The summed E-state index contributed by atoms with van der Waals surface area (Å²) in [5, 5.41) is 0. The highest BCUT2D eigenvalue weighted by molar-refractivity contribution is 6.15. The largest absolute Gasteiger partial charge is 0.452 e. The average molecular weight is 392 g/mol. The molecule has 150 valence electrons. The van der Waals surface area contributed by atoms with E-state index < -0.39 is 12.1 Å². The van der Waals surface area contributed by atoms with Crippen LogP contribution in [-0.4, -0.2) is 24.5 Å². The van der Waals surface area contributed by atoms with Crippen LogP contribution in [0.2, 0.25) is 0 Å². The van der Waals surface area contributed by atoms with Crippen molar-refractivity contribution in [2.45, 2.75) is 45.6 Å². The number of ketones is 1. The van der Waals surface area contributed by atoms with Gasteiger partial charge in [-0.05, 0) is 54.5 Å². The summed E-state index contributed by atoms with van der Waals surface area (Å²) in [7, 11) is 0. The van der Waals surface area contributed by atoms with Crippen molar-refractivity contribution < 1.29 is 23.8 Å². The average Bonchev–Trinajstić information content (AvgIpc) is 3.31. The maximum atomic E-state index is 12.8. The summed E-state index contributed by atoms with van der Waals surface area (Å²) in [6, 6.07) is 11.3. The molecule has 0 N–H and O–H groups in total. The van der Waals surface area contributed by atoms with E-state index >= 15 is 0 Å². The molecule has 0 aromatic heterocycles. The van der Waals surface area contributed by atoms with E-state index in [-0.39, 0.29) is 11.5 Å². The Morgan fingerprint density at radius 1 is 1.21 bits per heavy atom. The van der Waals surface area contributed by atoms with E-state index in [0.29, 0.717) is 41.6 Å². The van der Waals surface area contributed by atoms with Gasteiger partial charge < -0.3 is 14.2 Å². The van der Waals surface area contributed by atoms with E-state index in [1.165, 1.54) is 5.56 Å². The van der Waals surface area contributed by atoms with Crippen LogP contribution in [0, 0.1) is 6.92 Å². The predicted molar refractivity (Wildman–Crippen MR) is 109 cm³/mol. The molecule has 2 aliphatic heterocycles. The Balaban J connectivity index is 1.55. The molecule has 2 aromatic rings. The first-order valence-corrected chi connectivity index (χ1v) is 9.94. The molecule has 0 amide bonds. The van der Waals surface area contributed by atoms with Crippen molar-refractivity contribution >= 4 is 17.8 Å². The van der Waals surface area contributed by atoms with Gasteiger partial charge in [0.2, 0.25) is 5.78 Å². The third-order valence-corrected chi connectivity index (χ3v) is 5.26. The summed E-state index contributed by atoms with van der Waals surface area (Å²) in [6.07, 6.45) is 2.74. The summed E-state index contributed by atoms with van der Waals surface area (Å²) in [5.74, 6) is 0.911. The van der Waals surface area contributed by atoms with Crippen molar-refractivity contribution in [1.82, 2.24) is 0 Å². The van der Waals surface area contributed by atoms with Crippen molar-refractivity contribution in [3.63, 3.8) is 0 Å². The Morgan fingerprint density at radius 3 is 2.62 bits per heavy atom. The minimum Gasteiger partial charge on any atom is -0.452 e. The number of esters is 1. The number of carbonyl (C=O) groups is 2. The van der Waals surface area contributed by atoms with Gasteiger partial charge in [-0.1, -0.05) is 38.1 Å². The zero-order chi connectivity index (χ0) is 20.5. The molecule has 1 fully saturated rings. The fourth-order valence-corrected chi connectivity index (χ4v) is 3.61. The number of Topliss-reactive ketones (excluding diaryl/α,β-unsaturated/α-hetero) is 1. The molecule has 1 atom stereocenters. The predicted octanol–water partition coefficient (Wildman–Crippen LogP) is 4.82. The lowest BCUT2D eigenvalue weighted by atomic mass is 10.0. The molecule has 4 rings (SSSR count). The van der Waals surface area contributed by atoms with Crippen molar-refractivity contribution in [1.29, 1.82) is 0 Å². The van der Waals surface area contributed by atoms with E-state index in [0.717, 1.165) is 12.0 Å². The molecule has 2 aliphatic rings. The zero-order valence-corrected chi connectivity index (χ0v) is 16.9. The topological polar surface area (TPSA) is 61.8 Å². The van der Waals surface area contributed by atoms with E-state index in [2.05, 4.69) is 26.0 Å². The third kappa shape index (κ3) is 3.96. The monoisotopic (exact) mass is 392 g/mol. The van der Waals surface area contributed by atoms with Gasteiger partial charge in [-0.25, -0.2) is 4.79 Å². The summed E-state index contributed by atoms with van der Waals surface area (Å²) in [6.45, 7) is 6.66. The van der Waals surface area contributed by atoms with Gasteiger partial charge in [0, 0.05) is 12.7 Å². The number of ether oxygens (including phenoxy) is 3. The number of benzene rings is 2. The number of fused-ring (bicyclic) bond motifs is 1. The van der Waals surface area contributed by atoms with Crippen LogP contribution in [0.4, 0.5) is 0 Å². The van der Waals surface area contributed by atoms with Crippen LogP contribution >= 0.6 is 0 Å². The van der Waals surface area contributed by atoms with Gasteiger partial charge >= 0.3 is 5.97 Å². The molecule has 0 bridgehead atoms. The van der Waals surface area contributed by atoms with Gasteiger partial charge in [0.25, 0.3) is 0 Å². The molecule has 29 heavy (non-hydrogen) atoms. The maximum absolute atomic E-state index is 12.8. The van der Waals surface area contributed by atoms with Crippen molar-refractivity contribution in [2.75, 3.05) is 6.61 Å². The highest BCUT2D eigenvalue weighted by Crippen LogP contribution is 2.37. The molecule has 2 aromatic carbocycles. The first kappa shape index (κ1) is 19.4. The van der Waals surface area contributed by atoms with Crippen LogP contribution in [0.1, 0.15) is 59.7 Å². The number of aryl methyl sites for hydroxylation is 1. The van der Waals surface area contributed by atoms with E-state index in [4.69, 9.17) is 14.2 Å². The molecule has 5 heteroatoms. The van der Waals surface area contributed by atoms with Gasteiger partial charge in [0.15, 0.2) is 11.9 Å². The van der Waals surface area contributed by atoms with Gasteiger partial charge in [-0.15, -0.1) is 0 Å². The lowest BCUT2D eigenvalue weighted by Gasteiger charge is -2.11. The fraction of sp³-hybridized carbons (Fsp3) is 0.333. The molecule has 0 aliphatic carbocycles. The first-order valence-electron chi connectivity index (χ1n) is 9.94. The normalized spacial score (nSPS) is 19.5. The highest BCUT2D eigenvalue weighted by atomic mass is 16.6. The fourth-order valence-electron chi connectivity index (χ4n) is 3.61. The van der Waals surface area contributed by atoms with Gasteiger partial charge in [-0.2, -0.15) is 0 Å². The molecule has 0 spiro atoms. The summed E-state index contributed by atoms with van der Waals surface area (Å²) < 4.78 is 16.6. The molecule has 5 nitrogen and oxygen atoms in total. The second-order valence-corrected chi connectivity index (χ2v) is 7.80. The van der Waals surface area contributed by atoms with Crippen LogP contribution in [-0.2, 0) is 9.53 Å². The van der Waals surface area contributed by atoms with Crippen LogP contribution in [0.25, 0.3) is 6.08 Å². The van der Waals surface area contributed by atoms with Gasteiger partial charge in [-0.3, -0.25) is 4.79 Å². The van der Waals surface area contributed by atoms with Crippen molar-refractivity contribution in [3.05, 3.63) is 64.4 Å². The van der Waals surface area contributed by atoms with Crippen LogP contribution in [0.3, 0.4) is 0 Å². The number of hydrogen-bond acceptors (Lipinski definition) is 5. The SMILES string of the molecule is Cc1cc(OC(=O)C2CCCO2)cc2c1C(=O)/C(=C/c1ccc(C(C)C)cc1)O2. The molecular formula is C24H24O5. The Morgan fingerprint density at radius 2 is 1.97 bits per heavy atom. The minimum atomic E-state index is -0.518. The summed E-state index contributed by atoms with van der Waals surface area (Å²) >= 11 is 0. The van der Waals surface area contributed by atoms with Crippen LogP contribution < -0.4 is 9.47 Å². The smallest absolute Gasteiger partial charge is 0.340 e. The summed E-state index contributed by atoms with van der Waals surface area (Å²) in [4.78, 5) is 25.0. The number of allylic oxidation sites excluding steroid dienone is 1. The molecule has 0 radical (unpaired) electrons. The highest BCUT2D eigenvalue weighted by Gasteiger charge is 2.31. The number of rotatable bonds is 4. The Hall–Kier alpha value is -2.92. The van der Waals surface area contributed by atoms with Crippen molar-refractivity contribution in [2.24, 2.45) is 0 Å². The van der Waals surface area contributed by atoms with E-state index in [9.17, 15) is 9.59 Å². The Bertz CT molecular complexity index is 979. The molecule has 1 unspecified atom stereocenters. The molecule has 0 saturated carbocycles. The molecule has 2 heterocycles. The van der Waals surface area contributed by atoms with Gasteiger partial charge in [0.1, 0.15) is 11.5 Å².